The molecular formula is C21H32N2O2. The van der Waals surface area contributed by atoms with Crippen LogP contribution in [0.2, 0.25) is 0 Å². The van der Waals surface area contributed by atoms with Gasteiger partial charge < -0.3 is 9.64 Å². The summed E-state index contributed by atoms with van der Waals surface area (Å²) in [5, 5.41) is 0. The molecular weight excluding hydrogens is 312 g/mol. The number of likely N-dealkylation sites (tertiary alicyclic amines) is 2. The quantitative estimate of drug-likeness (QED) is 0.816. The number of nitrogens with zero attached hydrogens (tertiary/aromatic N) is 2. The van der Waals surface area contributed by atoms with E-state index in [4.69, 9.17) is 4.74 Å². The molecule has 2 fully saturated rings. The average Bonchev–Trinajstić information content (AvgIpc) is 2.93. The zero-order valence-electron chi connectivity index (χ0n) is 15.6. The molecule has 0 unspecified atom stereocenters. The van der Waals surface area contributed by atoms with E-state index < -0.39 is 0 Å². The third-order valence-corrected chi connectivity index (χ3v) is 5.44. The highest BCUT2D eigenvalue weighted by atomic mass is 16.5. The van der Waals surface area contributed by atoms with Crippen LogP contribution in [-0.2, 0) is 11.3 Å². The first-order chi connectivity index (χ1) is 12.3. The first kappa shape index (κ1) is 18.2. The molecule has 0 aliphatic carbocycles. The summed E-state index contributed by atoms with van der Waals surface area (Å²) >= 11 is 0. The van der Waals surface area contributed by atoms with Gasteiger partial charge >= 0.3 is 0 Å². The Morgan fingerprint density at radius 1 is 1.08 bits per heavy atom. The lowest BCUT2D eigenvalue weighted by Gasteiger charge is -2.35. The van der Waals surface area contributed by atoms with Gasteiger partial charge in [-0.05, 0) is 45.2 Å². The minimum atomic E-state index is 0.172. The summed E-state index contributed by atoms with van der Waals surface area (Å²) in [6.07, 6.45) is 7.04. The van der Waals surface area contributed by atoms with Gasteiger partial charge in [-0.1, -0.05) is 31.0 Å². The second-order valence-corrected chi connectivity index (χ2v) is 7.35. The van der Waals surface area contributed by atoms with E-state index in [0.29, 0.717) is 12.5 Å². The molecule has 0 spiro atoms. The number of benzene rings is 1. The van der Waals surface area contributed by atoms with Crippen LogP contribution in [0.25, 0.3) is 0 Å². The van der Waals surface area contributed by atoms with Crippen LogP contribution in [0.4, 0.5) is 0 Å². The highest BCUT2D eigenvalue weighted by molar-refractivity contribution is 5.79. The second kappa shape index (κ2) is 9.23. The van der Waals surface area contributed by atoms with Crippen molar-refractivity contribution in [1.29, 1.82) is 0 Å². The summed E-state index contributed by atoms with van der Waals surface area (Å²) in [5.74, 6) is 1.54. The summed E-state index contributed by atoms with van der Waals surface area (Å²) in [7, 11) is 0. The molecule has 0 bridgehead atoms. The number of rotatable bonds is 5. The normalized spacial score (nSPS) is 22.4. The highest BCUT2D eigenvalue weighted by Crippen LogP contribution is 2.25. The third-order valence-electron chi connectivity index (χ3n) is 5.44. The van der Waals surface area contributed by atoms with E-state index in [1.54, 1.807) is 0 Å². The molecule has 0 saturated carbocycles. The maximum Gasteiger partial charge on any atom is 0.226 e. The Bertz CT molecular complexity index is 553. The van der Waals surface area contributed by atoms with Gasteiger partial charge in [0.15, 0.2) is 0 Å². The zero-order valence-corrected chi connectivity index (χ0v) is 15.6. The number of carbonyl (C=O) groups excluding carboxylic acids is 1. The van der Waals surface area contributed by atoms with Gasteiger partial charge in [0.05, 0.1) is 12.5 Å². The number of carbonyl (C=O) groups is 1. The van der Waals surface area contributed by atoms with Gasteiger partial charge in [0.25, 0.3) is 0 Å². The topological polar surface area (TPSA) is 32.8 Å². The Labute approximate surface area is 152 Å². The summed E-state index contributed by atoms with van der Waals surface area (Å²) in [6, 6.07) is 8.28. The Hall–Kier alpha value is -1.55. The van der Waals surface area contributed by atoms with E-state index in [1.807, 2.05) is 19.1 Å². The minimum Gasteiger partial charge on any atom is -0.494 e. The fraction of sp³-hybridized carbons (Fsp3) is 0.667. The SMILES string of the molecule is CCOc1ccccc1CN1CCC[C@@H](C(=O)N2CCCCCC2)C1. The molecule has 1 aromatic rings. The molecule has 138 valence electrons. The monoisotopic (exact) mass is 344 g/mol. The molecule has 2 saturated heterocycles. The van der Waals surface area contributed by atoms with Crippen molar-refractivity contribution in [2.45, 2.75) is 52.0 Å². The number of piperidine rings is 1. The molecule has 2 aliphatic heterocycles. The van der Waals surface area contributed by atoms with Gasteiger partial charge in [0, 0.05) is 31.7 Å². The van der Waals surface area contributed by atoms with E-state index in [9.17, 15) is 4.79 Å². The Morgan fingerprint density at radius 2 is 1.84 bits per heavy atom. The summed E-state index contributed by atoms with van der Waals surface area (Å²) in [4.78, 5) is 17.5. The molecule has 0 N–H and O–H groups in total. The Morgan fingerprint density at radius 3 is 2.60 bits per heavy atom. The molecule has 1 aromatic carbocycles. The lowest BCUT2D eigenvalue weighted by Crippen LogP contribution is -2.44. The predicted molar refractivity (Wildman–Crippen MR) is 101 cm³/mol. The molecule has 1 amide bonds. The van der Waals surface area contributed by atoms with Gasteiger partial charge in [0.2, 0.25) is 5.91 Å². The van der Waals surface area contributed by atoms with Gasteiger partial charge in [0.1, 0.15) is 5.75 Å². The lowest BCUT2D eigenvalue weighted by molar-refractivity contribution is -0.137. The first-order valence-corrected chi connectivity index (χ1v) is 9.99. The first-order valence-electron chi connectivity index (χ1n) is 9.99. The number of hydrogen-bond acceptors (Lipinski definition) is 3. The fourth-order valence-corrected chi connectivity index (χ4v) is 4.12. The summed E-state index contributed by atoms with van der Waals surface area (Å²) in [6.45, 7) is 7.46. The maximum absolute atomic E-state index is 12.9. The van der Waals surface area contributed by atoms with E-state index in [2.05, 4.69) is 21.9 Å². The molecule has 25 heavy (non-hydrogen) atoms. The molecule has 2 aliphatic rings. The van der Waals surface area contributed by atoms with Gasteiger partial charge in [-0.15, -0.1) is 0 Å². The third kappa shape index (κ3) is 4.97. The minimum absolute atomic E-state index is 0.172. The number of hydrogen-bond donors (Lipinski definition) is 0. The smallest absolute Gasteiger partial charge is 0.226 e. The zero-order chi connectivity index (χ0) is 17.5. The number of ether oxygens (including phenoxy) is 1. The van der Waals surface area contributed by atoms with Crippen LogP contribution < -0.4 is 4.74 Å². The Kier molecular flexibility index (Phi) is 6.74. The van der Waals surface area contributed by atoms with Crippen molar-refractivity contribution < 1.29 is 9.53 Å². The van der Waals surface area contributed by atoms with E-state index in [0.717, 1.165) is 51.3 Å². The van der Waals surface area contributed by atoms with Crippen LogP contribution in [0, 0.1) is 5.92 Å². The molecule has 2 heterocycles. The van der Waals surface area contributed by atoms with Crippen LogP contribution in [0.3, 0.4) is 0 Å². The highest BCUT2D eigenvalue weighted by Gasteiger charge is 2.29. The van der Waals surface area contributed by atoms with Gasteiger partial charge in [-0.25, -0.2) is 0 Å². The van der Waals surface area contributed by atoms with Crippen LogP contribution in [-0.4, -0.2) is 48.5 Å². The molecule has 3 rings (SSSR count). The average molecular weight is 344 g/mol. The van der Waals surface area contributed by atoms with Gasteiger partial charge in [-0.2, -0.15) is 0 Å². The van der Waals surface area contributed by atoms with Crippen LogP contribution in [0.5, 0.6) is 5.75 Å². The second-order valence-electron chi connectivity index (χ2n) is 7.35. The lowest BCUT2D eigenvalue weighted by atomic mass is 9.95. The summed E-state index contributed by atoms with van der Waals surface area (Å²) in [5.41, 5.74) is 1.23. The molecule has 4 heteroatoms. The van der Waals surface area contributed by atoms with Crippen molar-refractivity contribution in [2.24, 2.45) is 5.92 Å². The van der Waals surface area contributed by atoms with Crippen molar-refractivity contribution in [1.82, 2.24) is 9.80 Å². The molecule has 1 atom stereocenters. The molecule has 0 aromatic heterocycles. The van der Waals surface area contributed by atoms with Crippen LogP contribution in [0.15, 0.2) is 24.3 Å². The van der Waals surface area contributed by atoms with E-state index in [1.165, 1.54) is 31.2 Å². The predicted octanol–water partition coefficient (Wildman–Crippen LogP) is 3.70. The Balaban J connectivity index is 1.60. The van der Waals surface area contributed by atoms with Crippen molar-refractivity contribution in [2.75, 3.05) is 32.8 Å². The standard InChI is InChI=1S/C21H32N2O2/c1-2-25-20-12-6-5-10-18(20)16-22-13-9-11-19(17-22)21(24)23-14-7-3-4-8-15-23/h5-6,10,12,19H,2-4,7-9,11,13-17H2,1H3/t19-/m1/s1. The molecule has 4 nitrogen and oxygen atoms in total. The fourth-order valence-electron chi connectivity index (χ4n) is 4.12. The van der Waals surface area contributed by atoms with Crippen molar-refractivity contribution in [3.63, 3.8) is 0 Å². The van der Waals surface area contributed by atoms with Crippen molar-refractivity contribution in [3.05, 3.63) is 29.8 Å². The van der Waals surface area contributed by atoms with Crippen molar-refractivity contribution >= 4 is 5.91 Å². The number of para-hydroxylation sites is 1. The van der Waals surface area contributed by atoms with Crippen molar-refractivity contribution in [3.8, 4) is 5.75 Å². The number of amides is 1. The summed E-state index contributed by atoms with van der Waals surface area (Å²) < 4.78 is 5.76. The van der Waals surface area contributed by atoms with E-state index >= 15 is 0 Å². The molecule has 0 radical (unpaired) electrons. The van der Waals surface area contributed by atoms with Gasteiger partial charge in [-0.3, -0.25) is 9.69 Å². The maximum atomic E-state index is 12.9. The van der Waals surface area contributed by atoms with Crippen LogP contribution >= 0.6 is 0 Å². The largest absolute Gasteiger partial charge is 0.494 e. The van der Waals surface area contributed by atoms with Crippen LogP contribution in [0.1, 0.15) is 51.0 Å². The van der Waals surface area contributed by atoms with E-state index in [-0.39, 0.29) is 5.92 Å².